The highest BCUT2D eigenvalue weighted by Crippen LogP contribution is 2.16. The van der Waals surface area contributed by atoms with Crippen molar-refractivity contribution in [2.75, 3.05) is 6.54 Å². The Morgan fingerprint density at radius 3 is 2.86 bits per heavy atom. The second kappa shape index (κ2) is 6.67. The number of aromatic nitrogens is 4. The fourth-order valence-electron chi connectivity index (χ4n) is 1.80. The number of hydrogen-bond acceptors (Lipinski definition) is 4. The van der Waals surface area contributed by atoms with Crippen LogP contribution in [0.1, 0.15) is 41.8 Å². The standard InChI is InChI=1S/C14H18ClN5O/c1-9(2)13-17-8-11(15)12(18-13)14(21)16-6-4-10-5-7-20(3)19-10/h5,7-9H,4,6H2,1-3H3,(H,16,21). The summed E-state index contributed by atoms with van der Waals surface area (Å²) in [6.07, 6.45) is 4.00. The quantitative estimate of drug-likeness (QED) is 0.916. The zero-order chi connectivity index (χ0) is 15.4. The minimum absolute atomic E-state index is 0.141. The van der Waals surface area contributed by atoms with Crippen LogP contribution in [0, 0.1) is 0 Å². The van der Waals surface area contributed by atoms with E-state index in [1.54, 1.807) is 4.68 Å². The summed E-state index contributed by atoms with van der Waals surface area (Å²) in [6.45, 7) is 4.41. The molecule has 0 aliphatic rings. The fourth-order valence-corrected chi connectivity index (χ4v) is 1.98. The Hall–Kier alpha value is -1.95. The van der Waals surface area contributed by atoms with Crippen molar-refractivity contribution < 1.29 is 4.79 Å². The molecule has 21 heavy (non-hydrogen) atoms. The topological polar surface area (TPSA) is 72.7 Å². The maximum atomic E-state index is 12.1. The number of carbonyl (C=O) groups excluding carboxylic acids is 1. The van der Waals surface area contributed by atoms with Gasteiger partial charge >= 0.3 is 0 Å². The smallest absolute Gasteiger partial charge is 0.271 e. The monoisotopic (exact) mass is 307 g/mol. The Kier molecular flexibility index (Phi) is 4.90. The van der Waals surface area contributed by atoms with E-state index in [0.29, 0.717) is 18.8 Å². The lowest BCUT2D eigenvalue weighted by molar-refractivity contribution is 0.0948. The van der Waals surface area contributed by atoms with Gasteiger partial charge in [0.05, 0.1) is 16.9 Å². The molecule has 2 heterocycles. The molecule has 112 valence electrons. The minimum atomic E-state index is -0.291. The minimum Gasteiger partial charge on any atom is -0.350 e. The molecule has 2 aromatic rings. The van der Waals surface area contributed by atoms with Gasteiger partial charge in [-0.1, -0.05) is 25.4 Å². The zero-order valence-electron chi connectivity index (χ0n) is 12.3. The van der Waals surface area contributed by atoms with Crippen LogP contribution in [-0.2, 0) is 13.5 Å². The van der Waals surface area contributed by atoms with Gasteiger partial charge in [0.25, 0.3) is 5.91 Å². The Morgan fingerprint density at radius 1 is 1.48 bits per heavy atom. The summed E-state index contributed by atoms with van der Waals surface area (Å²) < 4.78 is 1.73. The molecular weight excluding hydrogens is 290 g/mol. The summed E-state index contributed by atoms with van der Waals surface area (Å²) in [4.78, 5) is 20.5. The highest BCUT2D eigenvalue weighted by Gasteiger charge is 2.15. The average Bonchev–Trinajstić information content (AvgIpc) is 2.84. The third-order valence-corrected chi connectivity index (χ3v) is 3.21. The summed E-state index contributed by atoms with van der Waals surface area (Å²) in [5.74, 6) is 0.455. The molecule has 0 saturated carbocycles. The second-order valence-electron chi connectivity index (χ2n) is 5.07. The van der Waals surface area contributed by atoms with Crippen molar-refractivity contribution in [3.05, 3.63) is 40.7 Å². The molecule has 6 nitrogen and oxygen atoms in total. The van der Waals surface area contributed by atoms with Crippen LogP contribution < -0.4 is 5.32 Å². The second-order valence-corrected chi connectivity index (χ2v) is 5.47. The predicted octanol–water partition coefficient (Wildman–Crippen LogP) is 1.96. The molecule has 0 radical (unpaired) electrons. The maximum absolute atomic E-state index is 12.1. The van der Waals surface area contributed by atoms with Crippen molar-refractivity contribution in [2.45, 2.75) is 26.2 Å². The average molecular weight is 308 g/mol. The van der Waals surface area contributed by atoms with E-state index in [-0.39, 0.29) is 22.5 Å². The predicted molar refractivity (Wildman–Crippen MR) is 80.4 cm³/mol. The summed E-state index contributed by atoms with van der Waals surface area (Å²) in [6, 6.07) is 1.92. The van der Waals surface area contributed by atoms with Crippen LogP contribution in [0.3, 0.4) is 0 Å². The van der Waals surface area contributed by atoms with Gasteiger partial charge in [-0.05, 0) is 6.07 Å². The first kappa shape index (κ1) is 15.4. The van der Waals surface area contributed by atoms with Gasteiger partial charge in [0.2, 0.25) is 0 Å². The third kappa shape index (κ3) is 4.01. The van der Waals surface area contributed by atoms with Crippen LogP contribution in [0.25, 0.3) is 0 Å². The zero-order valence-corrected chi connectivity index (χ0v) is 13.1. The van der Waals surface area contributed by atoms with E-state index >= 15 is 0 Å². The fraction of sp³-hybridized carbons (Fsp3) is 0.429. The number of hydrogen-bond donors (Lipinski definition) is 1. The van der Waals surface area contributed by atoms with Crippen LogP contribution in [0.15, 0.2) is 18.5 Å². The Balaban J connectivity index is 1.98. The highest BCUT2D eigenvalue weighted by atomic mass is 35.5. The Bertz CT molecular complexity index is 638. The molecule has 0 saturated heterocycles. The van der Waals surface area contributed by atoms with E-state index in [4.69, 9.17) is 11.6 Å². The summed E-state index contributed by atoms with van der Waals surface area (Å²) >= 11 is 5.99. The molecule has 0 fully saturated rings. The van der Waals surface area contributed by atoms with Crippen LogP contribution in [-0.4, -0.2) is 32.2 Å². The molecule has 0 spiro atoms. The van der Waals surface area contributed by atoms with Crippen molar-refractivity contribution in [1.82, 2.24) is 25.1 Å². The first-order valence-corrected chi connectivity index (χ1v) is 7.14. The Labute approximate surface area is 128 Å². The van der Waals surface area contributed by atoms with Crippen molar-refractivity contribution in [3.8, 4) is 0 Å². The molecule has 0 aliphatic heterocycles. The van der Waals surface area contributed by atoms with Crippen LogP contribution in [0.2, 0.25) is 5.02 Å². The molecule has 0 atom stereocenters. The molecule has 0 aliphatic carbocycles. The van der Waals surface area contributed by atoms with E-state index in [9.17, 15) is 4.79 Å². The van der Waals surface area contributed by atoms with E-state index in [1.807, 2.05) is 33.2 Å². The molecule has 7 heteroatoms. The maximum Gasteiger partial charge on any atom is 0.271 e. The van der Waals surface area contributed by atoms with Crippen molar-refractivity contribution in [3.63, 3.8) is 0 Å². The number of nitrogens with one attached hydrogen (secondary N) is 1. The van der Waals surface area contributed by atoms with E-state index in [0.717, 1.165) is 5.69 Å². The van der Waals surface area contributed by atoms with Gasteiger partial charge in [-0.3, -0.25) is 9.48 Å². The number of halogens is 1. The SMILES string of the molecule is CC(C)c1ncc(Cl)c(C(=O)NCCc2ccn(C)n2)n1. The molecule has 1 N–H and O–H groups in total. The van der Waals surface area contributed by atoms with Crippen LogP contribution >= 0.6 is 11.6 Å². The number of rotatable bonds is 5. The number of amides is 1. The molecule has 0 bridgehead atoms. The molecular formula is C14H18ClN5O. The van der Waals surface area contributed by atoms with Gasteiger partial charge in [-0.25, -0.2) is 9.97 Å². The van der Waals surface area contributed by atoms with Gasteiger partial charge in [-0.2, -0.15) is 5.10 Å². The molecule has 1 amide bonds. The largest absolute Gasteiger partial charge is 0.350 e. The first-order chi connectivity index (χ1) is 9.97. The first-order valence-electron chi connectivity index (χ1n) is 6.76. The van der Waals surface area contributed by atoms with E-state index in [2.05, 4.69) is 20.4 Å². The number of nitrogens with zero attached hydrogens (tertiary/aromatic N) is 4. The summed E-state index contributed by atoms with van der Waals surface area (Å²) in [5, 5.41) is 7.31. The van der Waals surface area contributed by atoms with E-state index < -0.39 is 0 Å². The van der Waals surface area contributed by atoms with Crippen LogP contribution in [0.5, 0.6) is 0 Å². The van der Waals surface area contributed by atoms with Crippen LogP contribution in [0.4, 0.5) is 0 Å². The van der Waals surface area contributed by atoms with Crippen molar-refractivity contribution in [1.29, 1.82) is 0 Å². The van der Waals surface area contributed by atoms with Gasteiger partial charge in [0.15, 0.2) is 0 Å². The lowest BCUT2D eigenvalue weighted by Crippen LogP contribution is -2.27. The van der Waals surface area contributed by atoms with Gasteiger partial charge in [0.1, 0.15) is 11.5 Å². The third-order valence-electron chi connectivity index (χ3n) is 2.93. The molecule has 2 aromatic heterocycles. The lowest BCUT2D eigenvalue weighted by atomic mass is 10.2. The molecule has 0 aromatic carbocycles. The molecule has 0 unspecified atom stereocenters. The highest BCUT2D eigenvalue weighted by molar-refractivity contribution is 6.33. The van der Waals surface area contributed by atoms with E-state index in [1.165, 1.54) is 6.20 Å². The van der Waals surface area contributed by atoms with Crippen molar-refractivity contribution >= 4 is 17.5 Å². The summed E-state index contributed by atoms with van der Waals surface area (Å²) in [7, 11) is 1.86. The number of carbonyl (C=O) groups is 1. The summed E-state index contributed by atoms with van der Waals surface area (Å²) in [5.41, 5.74) is 1.14. The molecule has 2 rings (SSSR count). The lowest BCUT2D eigenvalue weighted by Gasteiger charge is -2.08. The normalized spacial score (nSPS) is 10.9. The van der Waals surface area contributed by atoms with Gasteiger partial charge < -0.3 is 5.32 Å². The van der Waals surface area contributed by atoms with Gasteiger partial charge in [0, 0.05) is 32.1 Å². The van der Waals surface area contributed by atoms with Crippen molar-refractivity contribution in [2.24, 2.45) is 7.05 Å². The van der Waals surface area contributed by atoms with Gasteiger partial charge in [-0.15, -0.1) is 0 Å². The number of aryl methyl sites for hydroxylation is 1. The Morgan fingerprint density at radius 2 is 2.24 bits per heavy atom.